The molecule has 0 aliphatic rings. The number of hydrogen-bond donors (Lipinski definition) is 1. The van der Waals surface area contributed by atoms with Crippen LogP contribution in [-0.4, -0.2) is 17.3 Å². The first kappa shape index (κ1) is 10.2. The van der Waals surface area contributed by atoms with Crippen LogP contribution in [0.15, 0.2) is 35.5 Å². The molecule has 0 atom stereocenters. The average molecular weight is 193 g/mol. The predicted molar refractivity (Wildman–Crippen MR) is 52.0 cm³/mol. The van der Waals surface area contributed by atoms with E-state index in [-0.39, 0.29) is 6.42 Å². The highest BCUT2D eigenvalue weighted by Crippen LogP contribution is 1.99. The first-order valence-electron chi connectivity index (χ1n) is 4.18. The summed E-state index contributed by atoms with van der Waals surface area (Å²) < 4.78 is 0. The van der Waals surface area contributed by atoms with Gasteiger partial charge in [-0.25, -0.2) is 0 Å². The van der Waals surface area contributed by atoms with Crippen LogP contribution < -0.4 is 0 Å². The molecule has 0 saturated heterocycles. The Labute approximate surface area is 81.8 Å². The molecule has 0 radical (unpaired) electrons. The van der Waals surface area contributed by atoms with E-state index in [0.717, 1.165) is 5.56 Å². The lowest BCUT2D eigenvalue weighted by Gasteiger charge is -1.97. The van der Waals surface area contributed by atoms with E-state index < -0.39 is 5.97 Å². The molecule has 1 rings (SSSR count). The van der Waals surface area contributed by atoms with Crippen LogP contribution in [-0.2, 0) is 16.2 Å². The zero-order chi connectivity index (χ0) is 10.2. The lowest BCUT2D eigenvalue weighted by molar-refractivity contribution is -0.135. The van der Waals surface area contributed by atoms with E-state index in [1.807, 2.05) is 30.3 Å². The smallest absolute Gasteiger partial charge is 0.308 e. The number of rotatable bonds is 5. The second-order valence-corrected chi connectivity index (χ2v) is 2.64. The van der Waals surface area contributed by atoms with Crippen molar-refractivity contribution in [1.29, 1.82) is 0 Å². The van der Waals surface area contributed by atoms with E-state index in [0.29, 0.717) is 6.61 Å². The van der Waals surface area contributed by atoms with Crippen molar-refractivity contribution in [3.05, 3.63) is 35.9 Å². The number of oxime groups is 1. The maximum atomic E-state index is 10.1. The lowest BCUT2D eigenvalue weighted by Crippen LogP contribution is -1.95. The predicted octanol–water partition coefficient (Wildman–Crippen LogP) is 1.66. The Morgan fingerprint density at radius 1 is 1.43 bits per heavy atom. The van der Waals surface area contributed by atoms with Crippen molar-refractivity contribution in [2.75, 3.05) is 0 Å². The van der Waals surface area contributed by atoms with Crippen LogP contribution >= 0.6 is 0 Å². The minimum absolute atomic E-state index is 0.116. The number of carbonyl (C=O) groups is 1. The molecule has 1 aromatic rings. The van der Waals surface area contributed by atoms with Gasteiger partial charge in [-0.1, -0.05) is 35.5 Å². The van der Waals surface area contributed by atoms with Crippen molar-refractivity contribution in [2.45, 2.75) is 13.0 Å². The maximum Gasteiger partial charge on any atom is 0.308 e. The molecule has 0 saturated carbocycles. The first-order valence-corrected chi connectivity index (χ1v) is 4.18. The molecule has 4 nitrogen and oxygen atoms in total. The Bertz CT molecular complexity index is 308. The van der Waals surface area contributed by atoms with Gasteiger partial charge in [0.2, 0.25) is 0 Å². The third-order valence-electron chi connectivity index (χ3n) is 1.49. The van der Waals surface area contributed by atoms with Gasteiger partial charge in [0.05, 0.1) is 12.6 Å². The molecule has 0 aromatic heterocycles. The third kappa shape index (κ3) is 4.25. The van der Waals surface area contributed by atoms with E-state index in [1.165, 1.54) is 6.21 Å². The van der Waals surface area contributed by atoms with Gasteiger partial charge in [0.25, 0.3) is 0 Å². The van der Waals surface area contributed by atoms with Gasteiger partial charge >= 0.3 is 5.97 Å². The molecule has 0 fully saturated rings. The second kappa shape index (κ2) is 5.75. The summed E-state index contributed by atoms with van der Waals surface area (Å²) in [7, 11) is 0. The van der Waals surface area contributed by atoms with Gasteiger partial charge in [-0.2, -0.15) is 0 Å². The van der Waals surface area contributed by atoms with Gasteiger partial charge < -0.3 is 9.94 Å². The Kier molecular flexibility index (Phi) is 4.20. The molecular weight excluding hydrogens is 182 g/mol. The zero-order valence-electron chi connectivity index (χ0n) is 7.59. The van der Waals surface area contributed by atoms with E-state index in [9.17, 15) is 4.79 Å². The van der Waals surface area contributed by atoms with Crippen LogP contribution in [0.1, 0.15) is 12.0 Å². The number of benzene rings is 1. The number of hydrogen-bond acceptors (Lipinski definition) is 3. The Morgan fingerprint density at radius 3 is 2.79 bits per heavy atom. The highest BCUT2D eigenvalue weighted by molar-refractivity contribution is 5.84. The SMILES string of the molecule is O=C(O)C/C=N/OCc1ccccc1. The van der Waals surface area contributed by atoms with Crippen LogP contribution in [0.25, 0.3) is 0 Å². The number of carboxylic acid groups (broad SMARTS) is 1. The Hall–Kier alpha value is -1.84. The van der Waals surface area contributed by atoms with Gasteiger partial charge in [-0.05, 0) is 5.56 Å². The summed E-state index contributed by atoms with van der Waals surface area (Å²) in [4.78, 5) is 15.0. The van der Waals surface area contributed by atoms with Crippen LogP contribution in [0.5, 0.6) is 0 Å². The second-order valence-electron chi connectivity index (χ2n) is 2.64. The van der Waals surface area contributed by atoms with Crippen LogP contribution in [0, 0.1) is 0 Å². The molecule has 1 N–H and O–H groups in total. The molecule has 0 unspecified atom stereocenters. The molecule has 0 aliphatic carbocycles. The van der Waals surface area contributed by atoms with Crippen molar-refractivity contribution in [3.8, 4) is 0 Å². The molecule has 0 amide bonds. The molecule has 4 heteroatoms. The van der Waals surface area contributed by atoms with Gasteiger partial charge in [0.1, 0.15) is 6.61 Å². The van der Waals surface area contributed by atoms with E-state index in [4.69, 9.17) is 9.94 Å². The molecule has 0 spiro atoms. The van der Waals surface area contributed by atoms with Crippen LogP contribution in [0.4, 0.5) is 0 Å². The fourth-order valence-corrected chi connectivity index (χ4v) is 0.854. The standard InChI is InChI=1S/C10H11NO3/c12-10(13)6-7-11-14-8-9-4-2-1-3-5-9/h1-5,7H,6,8H2,(H,12,13)/b11-7+. The summed E-state index contributed by atoms with van der Waals surface area (Å²) >= 11 is 0. The number of aliphatic carboxylic acids is 1. The normalized spacial score (nSPS) is 10.3. The molecule has 1 aromatic carbocycles. The van der Waals surface area contributed by atoms with Crippen molar-refractivity contribution in [1.82, 2.24) is 0 Å². The maximum absolute atomic E-state index is 10.1. The van der Waals surface area contributed by atoms with Gasteiger partial charge in [0.15, 0.2) is 0 Å². The van der Waals surface area contributed by atoms with Crippen LogP contribution in [0.2, 0.25) is 0 Å². The average Bonchev–Trinajstić information content (AvgIpc) is 2.18. The molecule has 14 heavy (non-hydrogen) atoms. The highest BCUT2D eigenvalue weighted by atomic mass is 16.6. The Morgan fingerprint density at radius 2 is 2.14 bits per heavy atom. The molecule has 0 heterocycles. The molecule has 0 bridgehead atoms. The van der Waals surface area contributed by atoms with Crippen molar-refractivity contribution < 1.29 is 14.7 Å². The molecule has 0 aliphatic heterocycles. The van der Waals surface area contributed by atoms with Gasteiger partial charge in [0, 0.05) is 0 Å². The van der Waals surface area contributed by atoms with E-state index >= 15 is 0 Å². The topological polar surface area (TPSA) is 58.9 Å². The highest BCUT2D eigenvalue weighted by Gasteiger charge is 1.91. The number of carboxylic acids is 1. The first-order chi connectivity index (χ1) is 6.79. The third-order valence-corrected chi connectivity index (χ3v) is 1.49. The lowest BCUT2D eigenvalue weighted by atomic mass is 10.2. The summed E-state index contributed by atoms with van der Waals surface area (Å²) in [6.07, 6.45) is 1.11. The monoisotopic (exact) mass is 193 g/mol. The minimum atomic E-state index is -0.919. The van der Waals surface area contributed by atoms with Crippen molar-refractivity contribution in [3.63, 3.8) is 0 Å². The number of nitrogens with zero attached hydrogens (tertiary/aromatic N) is 1. The minimum Gasteiger partial charge on any atom is -0.481 e. The van der Waals surface area contributed by atoms with Gasteiger partial charge in [-0.15, -0.1) is 0 Å². The Balaban J connectivity index is 2.22. The summed E-state index contributed by atoms with van der Waals surface area (Å²) in [5.41, 5.74) is 1.000. The largest absolute Gasteiger partial charge is 0.481 e. The van der Waals surface area contributed by atoms with E-state index in [1.54, 1.807) is 0 Å². The quantitative estimate of drug-likeness (QED) is 0.571. The fourth-order valence-electron chi connectivity index (χ4n) is 0.854. The summed E-state index contributed by atoms with van der Waals surface area (Å²) in [6, 6.07) is 9.54. The summed E-state index contributed by atoms with van der Waals surface area (Å²) in [5, 5.41) is 11.8. The van der Waals surface area contributed by atoms with Crippen molar-refractivity contribution >= 4 is 12.2 Å². The van der Waals surface area contributed by atoms with Crippen molar-refractivity contribution in [2.24, 2.45) is 5.16 Å². The van der Waals surface area contributed by atoms with Gasteiger partial charge in [-0.3, -0.25) is 4.79 Å². The van der Waals surface area contributed by atoms with Crippen LogP contribution in [0.3, 0.4) is 0 Å². The molecular formula is C10H11NO3. The summed E-state index contributed by atoms with van der Waals surface area (Å²) in [6.45, 7) is 0.358. The van der Waals surface area contributed by atoms with E-state index in [2.05, 4.69) is 5.16 Å². The zero-order valence-corrected chi connectivity index (χ0v) is 7.59. The summed E-state index contributed by atoms with van der Waals surface area (Å²) in [5.74, 6) is -0.919. The fraction of sp³-hybridized carbons (Fsp3) is 0.200. The molecule has 74 valence electrons.